The van der Waals surface area contributed by atoms with Gasteiger partial charge in [-0.05, 0) is 29.3 Å². The molecule has 0 aliphatic carbocycles. The fourth-order valence-corrected chi connectivity index (χ4v) is 3.83. The van der Waals surface area contributed by atoms with Gasteiger partial charge < -0.3 is 0 Å². The summed E-state index contributed by atoms with van der Waals surface area (Å²) in [6, 6.07) is 29.6. The minimum absolute atomic E-state index is 0.178. The van der Waals surface area contributed by atoms with Crippen molar-refractivity contribution in [3.05, 3.63) is 154 Å². The summed E-state index contributed by atoms with van der Waals surface area (Å²) in [7, 11) is 0. The van der Waals surface area contributed by atoms with Crippen LogP contribution in [0.4, 0.5) is 26.3 Å². The van der Waals surface area contributed by atoms with Gasteiger partial charge in [0.1, 0.15) is 18.0 Å². The summed E-state index contributed by atoms with van der Waals surface area (Å²) in [6.07, 6.45) is 0. The van der Waals surface area contributed by atoms with Gasteiger partial charge in [0.2, 0.25) is 0 Å². The molecular formula is C32H17BrF6N2. The molecule has 0 spiro atoms. The zero-order valence-corrected chi connectivity index (χ0v) is 22.4. The van der Waals surface area contributed by atoms with Crippen molar-refractivity contribution in [3.8, 4) is 34.4 Å². The number of hydrogen-bond acceptors (Lipinski definition) is 2. The van der Waals surface area contributed by atoms with E-state index in [1.165, 1.54) is 30.3 Å². The maximum Gasteiger partial charge on any atom is 0.170 e. The topological polar surface area (TPSA) is 47.6 Å². The van der Waals surface area contributed by atoms with Crippen LogP contribution in [0.15, 0.2) is 108 Å². The highest BCUT2D eigenvalue weighted by Crippen LogP contribution is 2.37. The van der Waals surface area contributed by atoms with E-state index in [-0.39, 0.29) is 16.7 Å². The van der Waals surface area contributed by atoms with Gasteiger partial charge in [0.15, 0.2) is 29.1 Å². The minimum Gasteiger partial charge on any atom is -0.205 e. The number of nitrogens with zero attached hydrogens (tertiary/aromatic N) is 2. The van der Waals surface area contributed by atoms with E-state index in [2.05, 4.69) is 15.9 Å². The van der Waals surface area contributed by atoms with Crippen LogP contribution < -0.4 is 0 Å². The monoisotopic (exact) mass is 622 g/mol. The van der Waals surface area contributed by atoms with Crippen molar-refractivity contribution >= 4 is 15.9 Å². The largest absolute Gasteiger partial charge is 0.205 e. The van der Waals surface area contributed by atoms with E-state index >= 15 is 0 Å². The van der Waals surface area contributed by atoms with Crippen LogP contribution in [0.5, 0.6) is 0 Å². The van der Waals surface area contributed by atoms with E-state index in [0.717, 1.165) is 4.47 Å². The first-order valence-corrected chi connectivity index (χ1v) is 12.4. The molecule has 0 aliphatic rings. The van der Waals surface area contributed by atoms with Gasteiger partial charge in [-0.3, -0.25) is 0 Å². The lowest BCUT2D eigenvalue weighted by Crippen LogP contribution is -2.03. The van der Waals surface area contributed by atoms with Crippen LogP contribution in [0.3, 0.4) is 0 Å². The first-order valence-electron chi connectivity index (χ1n) is 11.7. The third-order valence-corrected chi connectivity index (χ3v) is 5.95. The van der Waals surface area contributed by atoms with E-state index in [1.807, 2.05) is 30.3 Å². The Hall–Kier alpha value is -4.86. The van der Waals surface area contributed by atoms with Crippen LogP contribution in [0.25, 0.3) is 22.3 Å². The predicted octanol–water partition coefficient (Wildman–Crippen LogP) is 9.73. The van der Waals surface area contributed by atoms with E-state index in [4.69, 9.17) is 5.26 Å². The molecule has 2 nitrogen and oxygen atoms in total. The predicted molar refractivity (Wildman–Crippen MR) is 147 cm³/mol. The molecule has 0 N–H and O–H groups in total. The van der Waals surface area contributed by atoms with Crippen LogP contribution in [0.2, 0.25) is 0 Å². The van der Waals surface area contributed by atoms with Gasteiger partial charge >= 0.3 is 0 Å². The van der Waals surface area contributed by atoms with Gasteiger partial charge in [0.25, 0.3) is 0 Å². The average molecular weight is 623 g/mol. The van der Waals surface area contributed by atoms with Gasteiger partial charge in [0.05, 0.1) is 16.7 Å². The van der Waals surface area contributed by atoms with Gasteiger partial charge in [-0.25, -0.2) is 26.3 Å². The quantitative estimate of drug-likeness (QED) is 0.145. The van der Waals surface area contributed by atoms with Crippen molar-refractivity contribution in [3.63, 3.8) is 0 Å². The second-order valence-electron chi connectivity index (χ2n) is 8.06. The molecule has 0 amide bonds. The maximum atomic E-state index is 14.7. The molecule has 0 heterocycles. The Morgan fingerprint density at radius 3 is 1.37 bits per heavy atom. The lowest BCUT2D eigenvalue weighted by atomic mass is 9.93. The van der Waals surface area contributed by atoms with E-state index in [0.29, 0.717) is 12.1 Å². The highest BCUT2D eigenvalue weighted by atomic mass is 79.9. The average Bonchev–Trinajstić information content (AvgIpc) is 2.99. The number of rotatable bonds is 2. The molecule has 0 unspecified atom stereocenters. The molecule has 0 bridgehead atoms. The Morgan fingerprint density at radius 1 is 0.488 bits per heavy atom. The Labute approximate surface area is 240 Å². The fraction of sp³-hybridized carbons (Fsp3) is 0. The number of nitriles is 2. The molecule has 9 heteroatoms. The van der Waals surface area contributed by atoms with Gasteiger partial charge in [0, 0.05) is 16.1 Å². The first kappa shape index (κ1) is 30.7. The molecule has 5 aromatic rings. The smallest absolute Gasteiger partial charge is 0.170 e. The summed E-state index contributed by atoms with van der Waals surface area (Å²) in [5, 5.41) is 17.4. The van der Waals surface area contributed by atoms with Crippen molar-refractivity contribution in [2.45, 2.75) is 0 Å². The van der Waals surface area contributed by atoms with Gasteiger partial charge in [-0.1, -0.05) is 94.8 Å². The van der Waals surface area contributed by atoms with Crippen molar-refractivity contribution in [2.24, 2.45) is 0 Å². The zero-order valence-electron chi connectivity index (χ0n) is 20.9. The summed E-state index contributed by atoms with van der Waals surface area (Å²) in [5.41, 5.74) is -1.46. The standard InChI is InChI=1S/C19H10F3N.C7H2F3N.C6H5Br/c20-17-14(11-23)15(12-7-3-1-4-8-12)18(21)19(22)16(17)13-9-5-2-6-10-13;8-5-2-7(10)6(9)1-4(5)3-11;7-6-4-2-1-3-5-6/h1-10H;1-2H;1-5H. The van der Waals surface area contributed by atoms with Crippen LogP contribution in [0.1, 0.15) is 11.1 Å². The molecule has 0 fully saturated rings. The molecular weight excluding hydrogens is 606 g/mol. The fourth-order valence-electron chi connectivity index (χ4n) is 3.52. The third-order valence-electron chi connectivity index (χ3n) is 5.42. The van der Waals surface area contributed by atoms with Crippen LogP contribution >= 0.6 is 15.9 Å². The summed E-state index contributed by atoms with van der Waals surface area (Å²) < 4.78 is 81.7. The van der Waals surface area contributed by atoms with Crippen LogP contribution in [0, 0.1) is 57.6 Å². The van der Waals surface area contributed by atoms with Crippen molar-refractivity contribution in [2.75, 3.05) is 0 Å². The van der Waals surface area contributed by atoms with E-state index in [9.17, 15) is 31.6 Å². The SMILES string of the molecule is Brc1ccccc1.N#Cc1c(F)c(-c2ccccc2)c(F)c(F)c1-c1ccccc1.N#Cc1cc(F)c(F)cc1F. The highest BCUT2D eigenvalue weighted by molar-refractivity contribution is 9.10. The number of halogens is 7. The Balaban J connectivity index is 0.000000211. The lowest BCUT2D eigenvalue weighted by Gasteiger charge is -2.13. The molecule has 0 saturated carbocycles. The molecule has 5 rings (SSSR count). The van der Waals surface area contributed by atoms with Crippen molar-refractivity contribution in [1.29, 1.82) is 10.5 Å². The summed E-state index contributed by atoms with van der Waals surface area (Å²) in [6.45, 7) is 0. The summed E-state index contributed by atoms with van der Waals surface area (Å²) in [4.78, 5) is 0. The minimum atomic E-state index is -1.30. The number of benzene rings is 5. The van der Waals surface area contributed by atoms with E-state index < -0.39 is 51.6 Å². The van der Waals surface area contributed by atoms with Gasteiger partial charge in [-0.2, -0.15) is 10.5 Å². The molecule has 0 radical (unpaired) electrons. The maximum absolute atomic E-state index is 14.7. The summed E-state index contributed by atoms with van der Waals surface area (Å²) in [5.74, 6) is -7.15. The van der Waals surface area contributed by atoms with Crippen molar-refractivity contribution < 1.29 is 26.3 Å². The molecule has 0 saturated heterocycles. The third kappa shape index (κ3) is 7.63. The molecule has 41 heavy (non-hydrogen) atoms. The Morgan fingerprint density at radius 2 is 0.927 bits per heavy atom. The zero-order chi connectivity index (χ0) is 29.9. The molecule has 0 atom stereocenters. The molecule has 204 valence electrons. The van der Waals surface area contributed by atoms with Crippen LogP contribution in [-0.4, -0.2) is 0 Å². The Kier molecular flexibility index (Phi) is 10.9. The summed E-state index contributed by atoms with van der Waals surface area (Å²) >= 11 is 3.31. The molecule has 0 aliphatic heterocycles. The van der Waals surface area contributed by atoms with Crippen molar-refractivity contribution in [1.82, 2.24) is 0 Å². The number of hydrogen-bond donors (Lipinski definition) is 0. The van der Waals surface area contributed by atoms with Gasteiger partial charge in [-0.15, -0.1) is 0 Å². The second kappa shape index (κ2) is 14.5. The lowest BCUT2D eigenvalue weighted by molar-refractivity contribution is 0.494. The normalized spacial score (nSPS) is 9.78. The second-order valence-corrected chi connectivity index (χ2v) is 8.98. The molecule has 5 aromatic carbocycles. The van der Waals surface area contributed by atoms with Crippen LogP contribution in [-0.2, 0) is 0 Å². The highest BCUT2D eigenvalue weighted by Gasteiger charge is 2.26. The van der Waals surface area contributed by atoms with E-state index in [1.54, 1.807) is 42.5 Å². The molecule has 0 aromatic heterocycles. The Bertz CT molecular complexity index is 1720. The first-order chi connectivity index (χ1) is 19.7.